The van der Waals surface area contributed by atoms with Gasteiger partial charge in [-0.1, -0.05) is 87.0 Å². The van der Waals surface area contributed by atoms with E-state index in [4.69, 9.17) is 14.3 Å². The number of hydrogen-bond donors (Lipinski definition) is 3. The molecule has 2 unspecified atom stereocenters. The summed E-state index contributed by atoms with van der Waals surface area (Å²) >= 11 is 0. The molecule has 21 heteroatoms. The number of nitrogens with zero attached hydrogens (tertiary/aromatic N) is 3. The molecule has 2 aromatic carbocycles. The van der Waals surface area contributed by atoms with E-state index < -0.39 is 70.3 Å². The van der Waals surface area contributed by atoms with Gasteiger partial charge in [0, 0.05) is 74.6 Å². The van der Waals surface area contributed by atoms with Crippen LogP contribution in [0.25, 0.3) is 0 Å². The molecular weight excluding hydrogens is 1010 g/mol. The first-order valence-corrected chi connectivity index (χ1v) is 29.9. The standard InChI is InChI=1S/C43H55N3O15S3.5C2H6/c1-29(12-18-37-42(4,21-9-25-62(50,51)52)33-27-31(64(56,57)58)14-16-35(33)45(37)41(2,3)28-60-7)11-17-36-43(5,22-24-59-6)32-26-30(63(53,54)55)13-15-34(32)44(36)23-8-10-40(49)61-46-38(47)19-20-39(46)48;5*1-2/h11-18,26-27H,8-10,19-25,28H2,1-7H3,(H2-,50,51,52,53,54,55,56,57,58);5*1-2H3/p+1. The van der Waals surface area contributed by atoms with Gasteiger partial charge in [0.05, 0.1) is 39.5 Å². The maximum atomic E-state index is 12.8. The Bertz CT molecular complexity index is 2660. The Labute approximate surface area is 443 Å². The number of hydrogen-bond acceptors (Lipinski definition) is 13. The Morgan fingerprint density at radius 3 is 1.78 bits per heavy atom. The molecule has 420 valence electrons. The number of carbonyl (C=O) groups excluding carboxylic acids is 3. The zero-order valence-corrected chi connectivity index (χ0v) is 49.3. The van der Waals surface area contributed by atoms with Crippen molar-refractivity contribution in [2.24, 2.45) is 0 Å². The van der Waals surface area contributed by atoms with Crippen molar-refractivity contribution in [1.29, 1.82) is 0 Å². The number of anilines is 1. The molecule has 5 rings (SSSR count). The first-order valence-electron chi connectivity index (χ1n) is 25.4. The van der Waals surface area contributed by atoms with Crippen molar-refractivity contribution >= 4 is 65.2 Å². The Hall–Kier alpha value is -4.61. The van der Waals surface area contributed by atoms with Crippen LogP contribution in [-0.2, 0) is 69.9 Å². The average Bonchev–Trinajstić information content (AvgIpc) is 3.90. The van der Waals surface area contributed by atoms with E-state index in [1.54, 1.807) is 19.2 Å². The molecule has 0 radical (unpaired) electrons. The maximum absolute atomic E-state index is 12.8. The first kappa shape index (κ1) is 69.4. The Balaban J connectivity index is 0.00000501. The van der Waals surface area contributed by atoms with Gasteiger partial charge in [-0.2, -0.15) is 29.8 Å². The van der Waals surface area contributed by atoms with Gasteiger partial charge in [-0.05, 0) is 95.9 Å². The van der Waals surface area contributed by atoms with Crippen molar-refractivity contribution in [3.8, 4) is 0 Å². The number of carbonyl (C=O) groups is 3. The third kappa shape index (κ3) is 17.7. The topological polar surface area (TPSA) is 251 Å². The summed E-state index contributed by atoms with van der Waals surface area (Å²) in [4.78, 5) is 43.3. The summed E-state index contributed by atoms with van der Waals surface area (Å²) in [7, 11) is -10.5. The van der Waals surface area contributed by atoms with Gasteiger partial charge in [-0.3, -0.25) is 23.2 Å². The van der Waals surface area contributed by atoms with Crippen LogP contribution >= 0.6 is 0 Å². The summed E-state index contributed by atoms with van der Waals surface area (Å²) in [5.41, 5.74) is 1.62. The number of allylic oxidation sites excluding steroid dienone is 6. The van der Waals surface area contributed by atoms with E-state index in [-0.39, 0.29) is 68.1 Å². The van der Waals surface area contributed by atoms with Crippen LogP contribution in [-0.4, -0.2) is 117 Å². The maximum Gasteiger partial charge on any atom is 0.333 e. The molecule has 74 heavy (non-hydrogen) atoms. The van der Waals surface area contributed by atoms with Crippen LogP contribution in [0.2, 0.25) is 0 Å². The highest BCUT2D eigenvalue weighted by atomic mass is 32.2. The number of fused-ring (bicyclic) bond motifs is 2. The summed E-state index contributed by atoms with van der Waals surface area (Å²) < 4.78 is 116. The number of ether oxygens (including phenoxy) is 2. The quantitative estimate of drug-likeness (QED) is 0.0482. The molecule has 3 N–H and O–H groups in total. The van der Waals surface area contributed by atoms with Gasteiger partial charge < -0.3 is 19.2 Å². The van der Waals surface area contributed by atoms with Crippen molar-refractivity contribution in [3.63, 3.8) is 0 Å². The molecule has 0 aliphatic carbocycles. The van der Waals surface area contributed by atoms with Crippen LogP contribution in [0.5, 0.6) is 0 Å². The Kier molecular flexibility index (Phi) is 28.9. The van der Waals surface area contributed by atoms with Crippen molar-refractivity contribution in [3.05, 3.63) is 83.1 Å². The third-order valence-corrected chi connectivity index (χ3v) is 14.4. The largest absolute Gasteiger partial charge is 0.385 e. The van der Waals surface area contributed by atoms with E-state index in [9.17, 15) is 53.3 Å². The lowest BCUT2D eigenvalue weighted by atomic mass is 9.76. The highest BCUT2D eigenvalue weighted by Gasteiger charge is 2.50. The lowest BCUT2D eigenvalue weighted by Crippen LogP contribution is -2.47. The molecular formula is C53H86N3O15S3+. The van der Waals surface area contributed by atoms with E-state index in [0.29, 0.717) is 51.0 Å². The van der Waals surface area contributed by atoms with E-state index in [2.05, 4.69) is 0 Å². The molecule has 18 nitrogen and oxygen atoms in total. The van der Waals surface area contributed by atoms with Crippen molar-refractivity contribution in [1.82, 2.24) is 5.06 Å². The lowest BCUT2D eigenvalue weighted by molar-refractivity contribution is -0.438. The molecule has 3 aliphatic heterocycles. The summed E-state index contributed by atoms with van der Waals surface area (Å²) in [5.74, 6) is -2.54. The smallest absolute Gasteiger partial charge is 0.333 e. The highest BCUT2D eigenvalue weighted by Crippen LogP contribution is 2.54. The lowest BCUT2D eigenvalue weighted by Gasteiger charge is -2.40. The van der Waals surface area contributed by atoms with Gasteiger partial charge in [0.2, 0.25) is 5.69 Å². The number of hydroxylamine groups is 2. The number of benzene rings is 2. The van der Waals surface area contributed by atoms with Gasteiger partial charge in [0.25, 0.3) is 42.2 Å². The molecule has 0 saturated carbocycles. The minimum Gasteiger partial charge on any atom is -0.385 e. The molecule has 2 amide bonds. The van der Waals surface area contributed by atoms with Crippen LogP contribution in [0, 0.1) is 0 Å². The average molecular weight is 1100 g/mol. The predicted molar refractivity (Wildman–Crippen MR) is 292 cm³/mol. The highest BCUT2D eigenvalue weighted by molar-refractivity contribution is 7.86. The minimum absolute atomic E-state index is 0.00363. The van der Waals surface area contributed by atoms with Crippen molar-refractivity contribution < 1.29 is 72.2 Å². The molecule has 2 atom stereocenters. The summed E-state index contributed by atoms with van der Waals surface area (Å²) in [6.45, 7) is 30.1. The first-order chi connectivity index (χ1) is 34.7. The molecule has 0 spiro atoms. The summed E-state index contributed by atoms with van der Waals surface area (Å²) in [6.07, 6.45) is 7.79. The second kappa shape index (κ2) is 30.8. The van der Waals surface area contributed by atoms with E-state index in [1.807, 2.05) is 138 Å². The zero-order valence-electron chi connectivity index (χ0n) is 46.9. The molecule has 3 heterocycles. The van der Waals surface area contributed by atoms with Gasteiger partial charge >= 0.3 is 5.97 Å². The fraction of sp³-hybridized carbons (Fsp3) is 0.585. The van der Waals surface area contributed by atoms with Crippen LogP contribution in [0.15, 0.2) is 81.8 Å². The van der Waals surface area contributed by atoms with Gasteiger partial charge in [-0.25, -0.2) is 4.79 Å². The SMILES string of the molecule is CC.CC.CC.CC.CC.COCCC1(C)C(/C=C/C(C)=C/C=C2/N(C(C)(C)COC)c3ccc(S(=O)(=O)O)cc3C2(C)CCCS(=O)(=O)O)=[N+](CCCC(=O)ON2C(=O)CCC2=O)c2ccc(S(=O)(=O)O)cc21. The molecule has 3 aliphatic rings. The van der Waals surface area contributed by atoms with Crippen LogP contribution in [0.3, 0.4) is 0 Å². The van der Waals surface area contributed by atoms with E-state index in [0.717, 1.165) is 0 Å². The number of amides is 2. The van der Waals surface area contributed by atoms with Crippen molar-refractivity contribution in [2.75, 3.05) is 44.6 Å². The fourth-order valence-electron chi connectivity index (χ4n) is 8.69. The second-order valence-corrected chi connectivity index (χ2v) is 21.6. The van der Waals surface area contributed by atoms with E-state index in [1.165, 1.54) is 31.4 Å². The van der Waals surface area contributed by atoms with Crippen LogP contribution in [0.1, 0.15) is 160 Å². The molecule has 0 aromatic heterocycles. The van der Waals surface area contributed by atoms with Gasteiger partial charge in [0.1, 0.15) is 6.54 Å². The second-order valence-electron chi connectivity index (χ2n) is 17.2. The molecule has 1 saturated heterocycles. The Morgan fingerprint density at radius 2 is 1.28 bits per heavy atom. The molecule has 0 bridgehead atoms. The van der Waals surface area contributed by atoms with Crippen molar-refractivity contribution in [2.45, 2.75) is 175 Å². The normalized spacial score (nSPS) is 19.0. The third-order valence-electron chi connectivity index (χ3n) is 11.9. The monoisotopic (exact) mass is 1100 g/mol. The minimum atomic E-state index is -4.63. The Morgan fingerprint density at radius 1 is 0.757 bits per heavy atom. The summed E-state index contributed by atoms with van der Waals surface area (Å²) in [6, 6.07) is 8.50. The van der Waals surface area contributed by atoms with Gasteiger partial charge in [0.15, 0.2) is 5.71 Å². The predicted octanol–water partition coefficient (Wildman–Crippen LogP) is 10.3. The van der Waals surface area contributed by atoms with Crippen LogP contribution < -0.4 is 4.90 Å². The van der Waals surface area contributed by atoms with Crippen LogP contribution in [0.4, 0.5) is 11.4 Å². The summed E-state index contributed by atoms with van der Waals surface area (Å²) in [5, 5.41) is 0.484. The molecule has 2 aromatic rings. The molecule has 1 fully saturated rings. The fourth-order valence-corrected chi connectivity index (χ4v) is 10.2. The number of methoxy groups -OCH3 is 2. The van der Waals surface area contributed by atoms with Gasteiger partial charge in [-0.15, -0.1) is 5.06 Å². The number of rotatable bonds is 20. The zero-order chi connectivity index (χ0) is 57.6. The number of imide groups is 1. The van der Waals surface area contributed by atoms with E-state index >= 15 is 0 Å².